The number of rotatable bonds is 4. The van der Waals surface area contributed by atoms with Gasteiger partial charge in [-0.1, -0.05) is 29.3 Å². The highest BCUT2D eigenvalue weighted by Gasteiger charge is 2.13. The average Bonchev–Trinajstić information content (AvgIpc) is 2.67. The lowest BCUT2D eigenvalue weighted by Crippen LogP contribution is -2.16. The number of nitrogens with one attached hydrogen (secondary N) is 2. The molecule has 0 aliphatic heterocycles. The lowest BCUT2D eigenvalue weighted by atomic mass is 10.1. The highest BCUT2D eigenvalue weighted by Crippen LogP contribution is 2.26. The molecule has 0 radical (unpaired) electrons. The molecule has 0 saturated carbocycles. The number of carbonyl (C=O) groups is 2. The van der Waals surface area contributed by atoms with Crippen LogP contribution in [-0.4, -0.2) is 11.8 Å². The molecule has 6 nitrogen and oxygen atoms in total. The van der Waals surface area contributed by atoms with Gasteiger partial charge in [0.05, 0.1) is 21.4 Å². The number of hydrogen-bond acceptors (Lipinski definition) is 4. The van der Waals surface area contributed by atoms with Gasteiger partial charge in [-0.05, 0) is 54.6 Å². The molecule has 0 unspecified atom stereocenters. The lowest BCUT2D eigenvalue weighted by molar-refractivity contribution is 0.102. The summed E-state index contributed by atoms with van der Waals surface area (Å²) in [5, 5.41) is 6.07. The van der Waals surface area contributed by atoms with E-state index in [1.165, 1.54) is 6.07 Å². The van der Waals surface area contributed by atoms with Gasteiger partial charge in [0.15, 0.2) is 0 Å². The lowest BCUT2D eigenvalue weighted by Gasteiger charge is -2.10. The van der Waals surface area contributed by atoms with Crippen molar-refractivity contribution in [3.63, 3.8) is 0 Å². The molecule has 2 amide bonds. The third kappa shape index (κ3) is 4.54. The maximum atomic E-state index is 12.5. The van der Waals surface area contributed by atoms with E-state index in [0.717, 1.165) is 0 Å². The van der Waals surface area contributed by atoms with Crippen LogP contribution in [0.1, 0.15) is 20.7 Å². The Kier molecular flexibility index (Phi) is 5.73. The van der Waals surface area contributed by atoms with Gasteiger partial charge in [0, 0.05) is 22.5 Å². The van der Waals surface area contributed by atoms with Gasteiger partial charge in [0.25, 0.3) is 11.8 Å². The largest absolute Gasteiger partial charge is 0.399 e. The van der Waals surface area contributed by atoms with Gasteiger partial charge >= 0.3 is 0 Å². The zero-order valence-corrected chi connectivity index (χ0v) is 16.0. The number of hydrogen-bond donors (Lipinski definition) is 4. The topological polar surface area (TPSA) is 110 Å². The van der Waals surface area contributed by atoms with Gasteiger partial charge in [0.1, 0.15) is 0 Å². The molecule has 0 spiro atoms. The molecule has 28 heavy (non-hydrogen) atoms. The van der Waals surface area contributed by atoms with Gasteiger partial charge in [-0.2, -0.15) is 0 Å². The smallest absolute Gasteiger partial charge is 0.255 e. The van der Waals surface area contributed by atoms with Crippen LogP contribution in [0.15, 0.2) is 60.7 Å². The fourth-order valence-electron chi connectivity index (χ4n) is 2.47. The maximum absolute atomic E-state index is 12.5. The van der Waals surface area contributed by atoms with Crippen LogP contribution in [0.2, 0.25) is 10.0 Å². The van der Waals surface area contributed by atoms with Crippen molar-refractivity contribution < 1.29 is 9.59 Å². The van der Waals surface area contributed by atoms with Crippen LogP contribution < -0.4 is 22.1 Å². The molecule has 3 aromatic carbocycles. The molecule has 0 bridgehead atoms. The van der Waals surface area contributed by atoms with Gasteiger partial charge in [-0.25, -0.2) is 0 Å². The van der Waals surface area contributed by atoms with E-state index in [4.69, 9.17) is 34.7 Å². The molecule has 6 N–H and O–H groups in total. The van der Waals surface area contributed by atoms with Crippen LogP contribution in [0.3, 0.4) is 0 Å². The van der Waals surface area contributed by atoms with Crippen molar-refractivity contribution in [3.8, 4) is 0 Å². The fraction of sp³-hybridized carbons (Fsp3) is 0. The second kappa shape index (κ2) is 8.21. The van der Waals surface area contributed by atoms with Gasteiger partial charge in [0.2, 0.25) is 0 Å². The number of halogens is 2. The van der Waals surface area contributed by atoms with Crippen molar-refractivity contribution in [1.82, 2.24) is 0 Å². The van der Waals surface area contributed by atoms with Crippen LogP contribution in [0.5, 0.6) is 0 Å². The highest BCUT2D eigenvalue weighted by atomic mass is 35.5. The second-order valence-electron chi connectivity index (χ2n) is 5.97. The molecule has 8 heteroatoms. The third-order valence-electron chi connectivity index (χ3n) is 3.86. The Balaban J connectivity index is 1.79. The molecule has 142 valence electrons. The number of benzene rings is 3. The summed E-state index contributed by atoms with van der Waals surface area (Å²) in [6, 6.07) is 15.8. The Morgan fingerprint density at radius 2 is 1.11 bits per heavy atom. The van der Waals surface area contributed by atoms with E-state index in [1.807, 2.05) is 0 Å². The van der Waals surface area contributed by atoms with E-state index in [0.29, 0.717) is 32.8 Å². The van der Waals surface area contributed by atoms with E-state index in [9.17, 15) is 9.59 Å². The third-order valence-corrected chi connectivity index (χ3v) is 4.52. The van der Waals surface area contributed by atoms with Crippen molar-refractivity contribution in [2.45, 2.75) is 0 Å². The van der Waals surface area contributed by atoms with Gasteiger partial charge < -0.3 is 22.1 Å². The van der Waals surface area contributed by atoms with Crippen molar-refractivity contribution in [1.29, 1.82) is 0 Å². The summed E-state index contributed by atoms with van der Waals surface area (Å²) in [4.78, 5) is 25.1. The van der Waals surface area contributed by atoms with E-state index in [1.54, 1.807) is 54.6 Å². The number of amides is 2. The Hall–Kier alpha value is -3.22. The minimum absolute atomic E-state index is 0.282. The molecule has 0 saturated heterocycles. The summed E-state index contributed by atoms with van der Waals surface area (Å²) in [6.45, 7) is 0. The SMILES string of the molecule is Nc1ccc(Cl)c(NC(=O)c2cccc(C(=O)Nc3cc(N)ccc3Cl)c2)c1. The van der Waals surface area contributed by atoms with Crippen molar-refractivity contribution in [3.05, 3.63) is 81.8 Å². The average molecular weight is 415 g/mol. The van der Waals surface area contributed by atoms with Crippen LogP contribution in [0.25, 0.3) is 0 Å². The minimum Gasteiger partial charge on any atom is -0.399 e. The predicted octanol–water partition coefficient (Wildman–Crippen LogP) is 4.66. The molecular formula is C20H16Cl2N4O2. The van der Waals surface area contributed by atoms with E-state index >= 15 is 0 Å². The summed E-state index contributed by atoms with van der Waals surface area (Å²) >= 11 is 12.1. The Labute approximate surface area is 171 Å². The van der Waals surface area contributed by atoms with E-state index in [-0.39, 0.29) is 11.1 Å². The van der Waals surface area contributed by atoms with Gasteiger partial charge in [-0.15, -0.1) is 0 Å². The quantitative estimate of drug-likeness (QED) is 0.465. The molecule has 0 heterocycles. The molecule has 3 rings (SSSR count). The summed E-state index contributed by atoms with van der Waals surface area (Å²) < 4.78 is 0. The standard InChI is InChI=1S/C20H16Cl2N4O2/c21-15-6-4-13(23)9-17(15)25-19(27)11-2-1-3-12(8-11)20(28)26-18-10-14(24)5-7-16(18)22/h1-10H,23-24H2,(H,25,27)(H,26,28). The maximum Gasteiger partial charge on any atom is 0.255 e. The molecule has 0 aliphatic carbocycles. The van der Waals surface area contributed by atoms with Crippen molar-refractivity contribution >= 4 is 57.8 Å². The zero-order chi connectivity index (χ0) is 20.3. The number of carbonyl (C=O) groups excluding carboxylic acids is 2. The van der Waals surface area contributed by atoms with E-state index in [2.05, 4.69) is 10.6 Å². The monoisotopic (exact) mass is 414 g/mol. The summed E-state index contributed by atoms with van der Waals surface area (Å²) in [5.41, 5.74) is 13.7. The molecule has 0 aliphatic rings. The van der Waals surface area contributed by atoms with Gasteiger partial charge in [-0.3, -0.25) is 9.59 Å². The van der Waals surface area contributed by atoms with Crippen LogP contribution in [0.4, 0.5) is 22.7 Å². The first kappa shape index (κ1) is 19.5. The molecule has 3 aromatic rings. The van der Waals surface area contributed by atoms with Crippen LogP contribution in [0, 0.1) is 0 Å². The fourth-order valence-corrected chi connectivity index (χ4v) is 2.80. The van der Waals surface area contributed by atoms with Crippen LogP contribution in [-0.2, 0) is 0 Å². The normalized spacial score (nSPS) is 10.4. The number of nitrogen functional groups attached to an aromatic ring is 2. The van der Waals surface area contributed by atoms with E-state index < -0.39 is 11.8 Å². The summed E-state index contributed by atoms with van der Waals surface area (Å²) in [5.74, 6) is -0.853. The molecular weight excluding hydrogens is 399 g/mol. The molecule has 0 fully saturated rings. The summed E-state index contributed by atoms with van der Waals surface area (Å²) in [6.07, 6.45) is 0. The molecule has 0 atom stereocenters. The zero-order valence-electron chi connectivity index (χ0n) is 14.5. The predicted molar refractivity (Wildman–Crippen MR) is 114 cm³/mol. The Morgan fingerprint density at radius 1 is 0.679 bits per heavy atom. The first-order chi connectivity index (χ1) is 13.3. The van der Waals surface area contributed by atoms with Crippen molar-refractivity contribution in [2.75, 3.05) is 22.1 Å². The second-order valence-corrected chi connectivity index (χ2v) is 6.78. The van der Waals surface area contributed by atoms with Crippen LogP contribution >= 0.6 is 23.2 Å². The first-order valence-electron chi connectivity index (χ1n) is 8.16. The first-order valence-corrected chi connectivity index (χ1v) is 8.92. The minimum atomic E-state index is -0.427. The molecule has 0 aromatic heterocycles. The van der Waals surface area contributed by atoms with Crippen molar-refractivity contribution in [2.24, 2.45) is 0 Å². The highest BCUT2D eigenvalue weighted by molar-refractivity contribution is 6.34. The Morgan fingerprint density at radius 3 is 1.54 bits per heavy atom. The summed E-state index contributed by atoms with van der Waals surface area (Å²) in [7, 11) is 0. The Bertz CT molecular complexity index is 989. The number of nitrogens with two attached hydrogens (primary N) is 2. The number of anilines is 4.